The fourth-order valence-corrected chi connectivity index (χ4v) is 2.79. The highest BCUT2D eigenvalue weighted by molar-refractivity contribution is 7.92. The van der Waals surface area contributed by atoms with Crippen LogP contribution in [0.5, 0.6) is 0 Å². The molecule has 20 heavy (non-hydrogen) atoms. The van der Waals surface area contributed by atoms with Crippen LogP contribution in [-0.2, 0) is 10.0 Å². The number of anilines is 2. The summed E-state index contributed by atoms with van der Waals surface area (Å²) in [6.07, 6.45) is 0. The van der Waals surface area contributed by atoms with Crippen LogP contribution < -0.4 is 10.5 Å². The molecular formula is C13H12F2N2O2S. The molecule has 0 bridgehead atoms. The van der Waals surface area contributed by atoms with E-state index in [0.29, 0.717) is 6.07 Å². The summed E-state index contributed by atoms with van der Waals surface area (Å²) in [5, 5.41) is 0. The summed E-state index contributed by atoms with van der Waals surface area (Å²) in [5.41, 5.74) is 6.80. The van der Waals surface area contributed by atoms with E-state index >= 15 is 0 Å². The number of benzene rings is 2. The fourth-order valence-electron chi connectivity index (χ4n) is 1.65. The molecule has 0 amide bonds. The molecule has 0 fully saturated rings. The SMILES string of the molecule is Cc1ccc(N)c(NS(=O)(=O)c2ccc(F)cc2F)c1. The van der Waals surface area contributed by atoms with Crippen molar-refractivity contribution in [3.05, 3.63) is 53.6 Å². The van der Waals surface area contributed by atoms with Crippen molar-refractivity contribution in [2.45, 2.75) is 11.8 Å². The molecule has 0 aliphatic rings. The van der Waals surface area contributed by atoms with Gasteiger partial charge >= 0.3 is 0 Å². The molecular weight excluding hydrogens is 286 g/mol. The third-order valence-electron chi connectivity index (χ3n) is 2.64. The Morgan fingerprint density at radius 2 is 1.80 bits per heavy atom. The van der Waals surface area contributed by atoms with Crippen molar-refractivity contribution in [3.63, 3.8) is 0 Å². The van der Waals surface area contributed by atoms with E-state index in [1.807, 2.05) is 0 Å². The van der Waals surface area contributed by atoms with E-state index in [-0.39, 0.29) is 11.4 Å². The van der Waals surface area contributed by atoms with Gasteiger partial charge in [0.25, 0.3) is 10.0 Å². The Labute approximate surface area is 115 Å². The van der Waals surface area contributed by atoms with E-state index in [0.717, 1.165) is 17.7 Å². The van der Waals surface area contributed by atoms with Gasteiger partial charge in [0.05, 0.1) is 11.4 Å². The van der Waals surface area contributed by atoms with Crippen LogP contribution in [0.4, 0.5) is 20.2 Å². The van der Waals surface area contributed by atoms with E-state index in [2.05, 4.69) is 4.72 Å². The number of halogens is 2. The Morgan fingerprint density at radius 1 is 1.10 bits per heavy atom. The van der Waals surface area contributed by atoms with E-state index in [1.165, 1.54) is 12.1 Å². The van der Waals surface area contributed by atoms with Gasteiger partial charge in [-0.25, -0.2) is 17.2 Å². The van der Waals surface area contributed by atoms with Crippen LogP contribution in [0.25, 0.3) is 0 Å². The van der Waals surface area contributed by atoms with E-state index < -0.39 is 26.6 Å². The molecule has 106 valence electrons. The molecule has 7 heteroatoms. The quantitative estimate of drug-likeness (QED) is 0.856. The highest BCUT2D eigenvalue weighted by atomic mass is 32.2. The zero-order valence-electron chi connectivity index (χ0n) is 10.5. The predicted octanol–water partition coefficient (Wildman–Crippen LogP) is 2.66. The molecule has 0 aliphatic heterocycles. The summed E-state index contributed by atoms with van der Waals surface area (Å²) in [5.74, 6) is -2.01. The van der Waals surface area contributed by atoms with Crippen molar-refractivity contribution >= 4 is 21.4 Å². The molecule has 2 aromatic rings. The van der Waals surface area contributed by atoms with Gasteiger partial charge < -0.3 is 5.73 Å². The van der Waals surface area contributed by atoms with Gasteiger partial charge in [-0.3, -0.25) is 4.72 Å². The largest absolute Gasteiger partial charge is 0.397 e. The van der Waals surface area contributed by atoms with Gasteiger partial charge in [-0.05, 0) is 36.8 Å². The summed E-state index contributed by atoms with van der Waals surface area (Å²) < 4.78 is 52.7. The van der Waals surface area contributed by atoms with Crippen molar-refractivity contribution in [1.29, 1.82) is 0 Å². The van der Waals surface area contributed by atoms with Gasteiger partial charge in [-0.1, -0.05) is 6.07 Å². The van der Waals surface area contributed by atoms with Crippen LogP contribution in [0.1, 0.15) is 5.56 Å². The van der Waals surface area contributed by atoms with Crippen LogP contribution >= 0.6 is 0 Å². The Morgan fingerprint density at radius 3 is 2.45 bits per heavy atom. The molecule has 0 aliphatic carbocycles. The Bertz CT molecular complexity index is 761. The lowest BCUT2D eigenvalue weighted by Crippen LogP contribution is -2.15. The molecule has 0 atom stereocenters. The topological polar surface area (TPSA) is 72.2 Å². The van der Waals surface area contributed by atoms with Gasteiger partial charge in [-0.2, -0.15) is 0 Å². The molecule has 2 rings (SSSR count). The number of nitrogens with one attached hydrogen (secondary N) is 1. The minimum absolute atomic E-state index is 0.147. The second-order valence-electron chi connectivity index (χ2n) is 4.27. The lowest BCUT2D eigenvalue weighted by atomic mass is 10.2. The highest BCUT2D eigenvalue weighted by Crippen LogP contribution is 2.24. The van der Waals surface area contributed by atoms with Crippen LogP contribution in [0.15, 0.2) is 41.3 Å². The third kappa shape index (κ3) is 2.88. The number of aryl methyl sites for hydroxylation is 1. The van der Waals surface area contributed by atoms with Gasteiger partial charge in [0.2, 0.25) is 0 Å². The first kappa shape index (κ1) is 14.3. The van der Waals surface area contributed by atoms with E-state index in [1.54, 1.807) is 13.0 Å². The summed E-state index contributed by atoms with van der Waals surface area (Å²) in [6, 6.07) is 7.01. The summed E-state index contributed by atoms with van der Waals surface area (Å²) >= 11 is 0. The zero-order chi connectivity index (χ0) is 14.9. The minimum Gasteiger partial charge on any atom is -0.397 e. The average Bonchev–Trinajstić information content (AvgIpc) is 2.33. The van der Waals surface area contributed by atoms with Gasteiger partial charge in [-0.15, -0.1) is 0 Å². The maximum Gasteiger partial charge on any atom is 0.264 e. The maximum absolute atomic E-state index is 13.5. The molecule has 0 unspecified atom stereocenters. The molecule has 0 aromatic heterocycles. The zero-order valence-corrected chi connectivity index (χ0v) is 11.3. The number of sulfonamides is 1. The summed E-state index contributed by atoms with van der Waals surface area (Å²) in [6.45, 7) is 1.76. The van der Waals surface area contributed by atoms with Crippen molar-refractivity contribution in [3.8, 4) is 0 Å². The summed E-state index contributed by atoms with van der Waals surface area (Å²) in [4.78, 5) is -0.639. The molecule has 0 spiro atoms. The Balaban J connectivity index is 2.43. The molecule has 0 saturated heterocycles. The highest BCUT2D eigenvalue weighted by Gasteiger charge is 2.20. The first-order valence-corrected chi connectivity index (χ1v) is 7.12. The van der Waals surface area contributed by atoms with E-state index in [9.17, 15) is 17.2 Å². The molecule has 0 radical (unpaired) electrons. The molecule has 4 nitrogen and oxygen atoms in total. The van der Waals surface area contributed by atoms with Crippen LogP contribution in [0.2, 0.25) is 0 Å². The van der Waals surface area contributed by atoms with Crippen molar-refractivity contribution in [2.24, 2.45) is 0 Å². The summed E-state index contributed by atoms with van der Waals surface area (Å²) in [7, 11) is -4.17. The molecule has 0 saturated carbocycles. The van der Waals surface area contributed by atoms with Crippen molar-refractivity contribution in [1.82, 2.24) is 0 Å². The number of nitrogen functional groups attached to an aromatic ring is 1. The van der Waals surface area contributed by atoms with Gasteiger partial charge in [0.1, 0.15) is 16.5 Å². The number of hydrogen-bond acceptors (Lipinski definition) is 3. The van der Waals surface area contributed by atoms with Gasteiger partial charge in [0.15, 0.2) is 0 Å². The van der Waals surface area contributed by atoms with Crippen LogP contribution in [-0.4, -0.2) is 8.42 Å². The smallest absolute Gasteiger partial charge is 0.264 e. The Kier molecular flexibility index (Phi) is 3.63. The first-order chi connectivity index (χ1) is 9.29. The van der Waals surface area contributed by atoms with Crippen LogP contribution in [0, 0.1) is 18.6 Å². The third-order valence-corrected chi connectivity index (χ3v) is 4.04. The monoisotopic (exact) mass is 298 g/mol. The van der Waals surface area contributed by atoms with Crippen molar-refractivity contribution in [2.75, 3.05) is 10.5 Å². The number of hydrogen-bond donors (Lipinski definition) is 2. The second kappa shape index (κ2) is 5.09. The second-order valence-corrected chi connectivity index (χ2v) is 5.92. The number of nitrogens with two attached hydrogens (primary N) is 1. The Hall–Kier alpha value is -2.15. The van der Waals surface area contributed by atoms with Crippen molar-refractivity contribution < 1.29 is 17.2 Å². The van der Waals surface area contributed by atoms with E-state index in [4.69, 9.17) is 5.73 Å². The van der Waals surface area contributed by atoms with Crippen LogP contribution in [0.3, 0.4) is 0 Å². The molecule has 0 heterocycles. The predicted molar refractivity (Wildman–Crippen MR) is 72.8 cm³/mol. The maximum atomic E-state index is 13.5. The first-order valence-electron chi connectivity index (χ1n) is 5.63. The lowest BCUT2D eigenvalue weighted by molar-refractivity contribution is 0.551. The normalized spacial score (nSPS) is 11.3. The fraction of sp³-hybridized carbons (Fsp3) is 0.0769. The lowest BCUT2D eigenvalue weighted by Gasteiger charge is -2.11. The standard InChI is InChI=1S/C13H12F2N2O2S/c1-8-2-4-11(16)12(6-8)17-20(18,19)13-5-3-9(14)7-10(13)15/h2-7,17H,16H2,1H3. The average molecular weight is 298 g/mol. The molecule has 3 N–H and O–H groups in total. The van der Waals surface area contributed by atoms with Gasteiger partial charge in [0, 0.05) is 6.07 Å². The number of rotatable bonds is 3. The molecule has 2 aromatic carbocycles. The minimum atomic E-state index is -4.17.